The number of likely N-dealkylation sites (tertiary alicyclic amines) is 1. The van der Waals surface area contributed by atoms with Crippen molar-refractivity contribution in [3.8, 4) is 0 Å². The van der Waals surface area contributed by atoms with Gasteiger partial charge in [0.15, 0.2) is 0 Å². The molecule has 0 bridgehead atoms. The molecule has 1 aliphatic heterocycles. The zero-order chi connectivity index (χ0) is 40.2. The maximum atomic E-state index is 14.4. The summed E-state index contributed by atoms with van der Waals surface area (Å²) in [7, 11) is -3.05. The fraction of sp³-hybridized carbons (Fsp3) is 0.426. The van der Waals surface area contributed by atoms with Gasteiger partial charge in [-0.2, -0.15) is 0 Å². The molecule has 3 heterocycles. The third kappa shape index (κ3) is 8.16. The number of carbonyl (C=O) groups is 2. The molecular weight excluding hydrogens is 733 g/mol. The van der Waals surface area contributed by atoms with Crippen LogP contribution < -0.4 is 10.4 Å². The highest BCUT2D eigenvalue weighted by Crippen LogP contribution is 2.48. The molecule has 9 nitrogen and oxygen atoms in total. The number of hydrogen-bond acceptors (Lipinski definition) is 8. The molecule has 2 aromatic carbocycles. The highest BCUT2D eigenvalue weighted by molar-refractivity contribution is 6.99. The van der Waals surface area contributed by atoms with Crippen molar-refractivity contribution in [2.24, 2.45) is 17.8 Å². The maximum Gasteiger partial charge on any atom is 0.261 e. The number of furan rings is 1. The number of amides is 2. The minimum Gasteiger partial charge on any atom is -0.459 e. The summed E-state index contributed by atoms with van der Waals surface area (Å²) in [6.07, 6.45) is 8.11. The van der Waals surface area contributed by atoms with Crippen molar-refractivity contribution in [3.05, 3.63) is 126 Å². The molecule has 2 fully saturated rings. The predicted molar refractivity (Wildman–Crippen MR) is 223 cm³/mol. The average molecular weight is 789 g/mol. The number of rotatable bonds is 14. The summed E-state index contributed by atoms with van der Waals surface area (Å²) in [6.45, 7) is 6.18. The lowest BCUT2D eigenvalue weighted by Crippen LogP contribution is -2.66. The molecule has 2 amide bonds. The van der Waals surface area contributed by atoms with Gasteiger partial charge >= 0.3 is 0 Å². The van der Waals surface area contributed by atoms with Gasteiger partial charge in [-0.3, -0.25) is 19.5 Å². The fourth-order valence-corrected chi connectivity index (χ4v) is 14.3. The van der Waals surface area contributed by atoms with E-state index in [1.54, 1.807) is 18.3 Å². The number of benzene rings is 2. The SMILES string of the molecule is CC(C)(C)[Si](OCC1=C([C@H](O)CC/C(=C/c2ccc(CO)o2)c2ccccn2)[C@H](CO)[C@@H]2C(=O)N(C3CCCCC3)C(=O)[C@@H]2C1)(c1ccccc1)c1ccccc1. The molecule has 10 heteroatoms. The van der Waals surface area contributed by atoms with E-state index in [9.17, 15) is 24.9 Å². The van der Waals surface area contributed by atoms with Crippen LogP contribution in [0.15, 0.2) is 113 Å². The molecule has 7 rings (SSSR count). The largest absolute Gasteiger partial charge is 0.459 e. The fourth-order valence-electron chi connectivity index (χ4n) is 9.78. The second-order valence-corrected chi connectivity index (χ2v) is 21.2. The van der Waals surface area contributed by atoms with E-state index >= 15 is 0 Å². The number of allylic oxidation sites excluding steroid dienone is 1. The number of fused-ring (bicyclic) bond motifs is 1. The highest BCUT2D eigenvalue weighted by atomic mass is 28.4. The number of hydrogen-bond donors (Lipinski definition) is 3. The lowest BCUT2D eigenvalue weighted by atomic mass is 9.68. The van der Waals surface area contributed by atoms with Crippen LogP contribution in [0.3, 0.4) is 0 Å². The summed E-state index contributed by atoms with van der Waals surface area (Å²) in [6, 6.07) is 29.8. The van der Waals surface area contributed by atoms with Gasteiger partial charge in [-0.1, -0.05) is 107 Å². The van der Waals surface area contributed by atoms with Crippen LogP contribution in [-0.4, -0.2) is 70.7 Å². The third-order valence-electron chi connectivity index (χ3n) is 12.4. The second-order valence-electron chi connectivity index (χ2n) is 16.9. The van der Waals surface area contributed by atoms with Crippen LogP contribution in [0, 0.1) is 17.8 Å². The standard InChI is InChI=1S/C47H56N2O7Si/c1-47(2,3)57(37-17-9-5-10-18-37,38-19-11-6-12-20-38)55-31-33-28-39-44(46(54)49(45(39)53)34-15-7-4-8-16-34)40(30-51)43(33)42(52)25-22-32(41-21-13-14-26-48-41)27-35-23-24-36(29-50)56-35/h5-6,9-14,17-21,23-24,26-27,34,39-40,42,44,50-52H,4,7-8,15-16,22,25,28-31H2,1-3H3/b32-27-/t39-,40+,42-,44-/m1/s1. The Balaban J connectivity index is 1.29. The Kier molecular flexibility index (Phi) is 12.6. The molecule has 1 saturated heterocycles. The van der Waals surface area contributed by atoms with Crippen LogP contribution in [0.25, 0.3) is 11.6 Å². The third-order valence-corrected chi connectivity index (χ3v) is 17.4. The van der Waals surface area contributed by atoms with E-state index in [2.05, 4.69) is 50.0 Å². The monoisotopic (exact) mass is 788 g/mol. The zero-order valence-corrected chi connectivity index (χ0v) is 34.3. The molecule has 3 N–H and O–H groups in total. The summed E-state index contributed by atoms with van der Waals surface area (Å²) in [5.41, 5.74) is 2.93. The lowest BCUT2D eigenvalue weighted by molar-refractivity contribution is -0.143. The minimum absolute atomic E-state index is 0.132. The van der Waals surface area contributed by atoms with E-state index in [4.69, 9.17) is 8.84 Å². The molecule has 0 radical (unpaired) electrons. The predicted octanol–water partition coefficient (Wildman–Crippen LogP) is 6.67. The molecule has 300 valence electrons. The van der Waals surface area contributed by atoms with Crippen LogP contribution >= 0.6 is 0 Å². The number of carbonyl (C=O) groups excluding carboxylic acids is 2. The second kappa shape index (κ2) is 17.6. The molecule has 3 aliphatic rings. The van der Waals surface area contributed by atoms with Crippen molar-refractivity contribution < 1.29 is 33.8 Å². The topological polar surface area (TPSA) is 133 Å². The number of aliphatic hydroxyl groups excluding tert-OH is 3. The number of nitrogens with zero attached hydrogens (tertiary/aromatic N) is 2. The molecule has 2 aromatic heterocycles. The molecule has 4 aromatic rings. The Morgan fingerprint density at radius 3 is 2.16 bits per heavy atom. The first kappa shape index (κ1) is 40.7. The first-order valence-corrected chi connectivity index (χ1v) is 22.4. The van der Waals surface area contributed by atoms with Gasteiger partial charge in [0.05, 0.1) is 36.8 Å². The minimum atomic E-state index is -3.05. The number of aromatic nitrogens is 1. The van der Waals surface area contributed by atoms with Crippen molar-refractivity contribution in [2.45, 2.75) is 95.9 Å². The molecule has 0 unspecified atom stereocenters. The summed E-state index contributed by atoms with van der Waals surface area (Å²) < 4.78 is 13.3. The van der Waals surface area contributed by atoms with E-state index in [1.165, 1.54) is 4.90 Å². The van der Waals surface area contributed by atoms with Gasteiger partial charge in [0.2, 0.25) is 11.8 Å². The summed E-state index contributed by atoms with van der Waals surface area (Å²) in [5.74, 6) is -1.52. The number of imide groups is 1. The molecule has 1 saturated carbocycles. The highest BCUT2D eigenvalue weighted by Gasteiger charge is 2.57. The Morgan fingerprint density at radius 2 is 1.58 bits per heavy atom. The van der Waals surface area contributed by atoms with Gasteiger partial charge in [-0.15, -0.1) is 0 Å². The van der Waals surface area contributed by atoms with Crippen LogP contribution in [0.2, 0.25) is 5.04 Å². The molecular formula is C47H56N2O7Si. The first-order chi connectivity index (χ1) is 27.6. The van der Waals surface area contributed by atoms with E-state index in [-0.39, 0.29) is 55.6 Å². The molecule has 2 aliphatic carbocycles. The maximum absolute atomic E-state index is 14.4. The van der Waals surface area contributed by atoms with E-state index in [1.807, 2.05) is 60.7 Å². The van der Waals surface area contributed by atoms with E-state index < -0.39 is 32.2 Å². The van der Waals surface area contributed by atoms with Gasteiger partial charge < -0.3 is 24.2 Å². The van der Waals surface area contributed by atoms with Gasteiger partial charge in [-0.25, -0.2) is 0 Å². The van der Waals surface area contributed by atoms with Crippen LogP contribution in [-0.2, 0) is 20.6 Å². The lowest BCUT2D eigenvalue weighted by Gasteiger charge is -2.44. The Labute approximate surface area is 337 Å². The van der Waals surface area contributed by atoms with Crippen LogP contribution in [0.1, 0.15) is 89.4 Å². The number of pyridine rings is 1. The van der Waals surface area contributed by atoms with Gasteiger partial charge in [0.25, 0.3) is 8.32 Å². The Hall–Kier alpha value is -4.45. The summed E-state index contributed by atoms with van der Waals surface area (Å²) >= 11 is 0. The summed E-state index contributed by atoms with van der Waals surface area (Å²) in [4.78, 5) is 34.9. The summed E-state index contributed by atoms with van der Waals surface area (Å²) in [5, 5.41) is 35.2. The smallest absolute Gasteiger partial charge is 0.261 e. The zero-order valence-electron chi connectivity index (χ0n) is 33.3. The molecule has 57 heavy (non-hydrogen) atoms. The first-order valence-electron chi connectivity index (χ1n) is 20.5. The van der Waals surface area contributed by atoms with Gasteiger partial charge in [-0.05, 0) is 94.6 Å². The average Bonchev–Trinajstić information content (AvgIpc) is 3.80. The number of aliphatic hydroxyl groups is 3. The molecule has 4 atom stereocenters. The van der Waals surface area contributed by atoms with Crippen molar-refractivity contribution in [2.75, 3.05) is 13.2 Å². The Bertz CT molecular complexity index is 2010. The van der Waals surface area contributed by atoms with Crippen molar-refractivity contribution in [1.29, 1.82) is 0 Å². The molecule has 0 spiro atoms. The normalized spacial score (nSPS) is 21.6. The van der Waals surface area contributed by atoms with Gasteiger partial charge in [0.1, 0.15) is 18.1 Å². The van der Waals surface area contributed by atoms with Crippen molar-refractivity contribution in [1.82, 2.24) is 9.88 Å². The van der Waals surface area contributed by atoms with Crippen molar-refractivity contribution >= 4 is 42.2 Å². The van der Waals surface area contributed by atoms with Crippen LogP contribution in [0.4, 0.5) is 0 Å². The van der Waals surface area contributed by atoms with E-state index in [0.717, 1.165) is 59.3 Å². The van der Waals surface area contributed by atoms with E-state index in [0.29, 0.717) is 23.5 Å². The van der Waals surface area contributed by atoms with Crippen molar-refractivity contribution in [3.63, 3.8) is 0 Å². The quantitative estimate of drug-likeness (QED) is 0.0734. The Morgan fingerprint density at radius 1 is 0.912 bits per heavy atom. The van der Waals surface area contributed by atoms with Gasteiger partial charge in [0, 0.05) is 18.2 Å². The van der Waals surface area contributed by atoms with Crippen LogP contribution in [0.5, 0.6) is 0 Å².